The zero-order valence-electron chi connectivity index (χ0n) is 14.5. The molecule has 1 atom stereocenters. The fraction of sp³-hybridized carbons (Fsp3) is 0.778. The number of hydrogen-bond donors (Lipinski definition) is 0. The highest BCUT2D eigenvalue weighted by atomic mass is 35.5. The Kier molecular flexibility index (Phi) is 8.30. The minimum atomic E-state index is -0.346. The Bertz CT molecular complexity index is 443. The predicted octanol–water partition coefficient (Wildman–Crippen LogP) is 6.22. The Morgan fingerprint density at radius 2 is 1.77 bits per heavy atom. The van der Waals surface area contributed by atoms with Crippen molar-refractivity contribution in [1.29, 1.82) is 0 Å². The van der Waals surface area contributed by atoms with Crippen molar-refractivity contribution < 1.29 is 4.39 Å². The summed E-state index contributed by atoms with van der Waals surface area (Å²) in [5.74, 6) is 0.0562. The lowest BCUT2D eigenvalue weighted by atomic mass is 9.75. The van der Waals surface area contributed by atoms with Gasteiger partial charge in [-0.15, -0.1) is 0 Å². The molecule has 0 N–H and O–H groups in total. The summed E-state index contributed by atoms with van der Waals surface area (Å²) < 4.78 is 13.9. The Morgan fingerprint density at radius 3 is 2.41 bits per heavy atom. The van der Waals surface area contributed by atoms with E-state index in [1.807, 2.05) is 0 Å². The van der Waals surface area contributed by atoms with Crippen LogP contribution in [0.25, 0.3) is 0 Å². The molecule has 0 aliphatic heterocycles. The van der Waals surface area contributed by atoms with E-state index in [9.17, 15) is 4.39 Å². The van der Waals surface area contributed by atoms with Crippen LogP contribution in [0.3, 0.4) is 0 Å². The highest BCUT2D eigenvalue weighted by Gasteiger charge is 2.26. The Hall–Kier alpha value is -0.700. The molecular formula is C18H30ClFN2. The van der Waals surface area contributed by atoms with E-state index < -0.39 is 0 Å². The summed E-state index contributed by atoms with van der Waals surface area (Å²) in [6.07, 6.45) is 10.6. The zero-order valence-corrected chi connectivity index (χ0v) is 15.2. The molecular weight excluding hydrogens is 299 g/mol. The van der Waals surface area contributed by atoms with Crippen molar-refractivity contribution in [3.8, 4) is 0 Å². The van der Waals surface area contributed by atoms with E-state index in [4.69, 9.17) is 11.6 Å². The zero-order chi connectivity index (χ0) is 16.6. The molecule has 1 rings (SSSR count). The van der Waals surface area contributed by atoms with E-state index in [0.717, 1.165) is 6.42 Å². The molecule has 4 heteroatoms. The van der Waals surface area contributed by atoms with Gasteiger partial charge in [-0.1, -0.05) is 66.2 Å². The number of halogens is 2. The van der Waals surface area contributed by atoms with Crippen molar-refractivity contribution in [3.05, 3.63) is 23.0 Å². The highest BCUT2D eigenvalue weighted by molar-refractivity contribution is 6.28. The van der Waals surface area contributed by atoms with Crippen molar-refractivity contribution >= 4 is 11.6 Å². The summed E-state index contributed by atoms with van der Waals surface area (Å²) in [6.45, 7) is 8.89. The second-order valence-corrected chi connectivity index (χ2v) is 7.60. The molecule has 0 aliphatic rings. The predicted molar refractivity (Wildman–Crippen MR) is 91.6 cm³/mol. The van der Waals surface area contributed by atoms with Gasteiger partial charge in [0.25, 0.3) is 0 Å². The van der Waals surface area contributed by atoms with Crippen LogP contribution in [0.5, 0.6) is 0 Å². The Balaban J connectivity index is 2.56. The van der Waals surface area contributed by atoms with Crippen molar-refractivity contribution in [1.82, 2.24) is 9.97 Å². The molecule has 0 aliphatic carbocycles. The normalized spacial score (nSPS) is 13.4. The third kappa shape index (κ3) is 7.04. The maximum absolute atomic E-state index is 13.9. The molecule has 0 spiro atoms. The van der Waals surface area contributed by atoms with Crippen LogP contribution in [0.1, 0.15) is 78.3 Å². The van der Waals surface area contributed by atoms with E-state index in [2.05, 4.69) is 37.7 Å². The maximum Gasteiger partial charge on any atom is 0.222 e. The van der Waals surface area contributed by atoms with Crippen LogP contribution >= 0.6 is 11.6 Å². The second-order valence-electron chi connectivity index (χ2n) is 7.26. The quantitative estimate of drug-likeness (QED) is 0.397. The summed E-state index contributed by atoms with van der Waals surface area (Å²) in [4.78, 5) is 7.77. The number of unbranched alkanes of at least 4 members (excludes halogenated alkanes) is 5. The molecule has 2 nitrogen and oxygen atoms in total. The van der Waals surface area contributed by atoms with Crippen LogP contribution in [-0.4, -0.2) is 9.97 Å². The van der Waals surface area contributed by atoms with Crippen LogP contribution in [-0.2, 0) is 6.42 Å². The molecule has 0 fully saturated rings. The molecule has 1 aromatic rings. The van der Waals surface area contributed by atoms with Crippen molar-refractivity contribution in [2.24, 2.45) is 11.3 Å². The van der Waals surface area contributed by atoms with Crippen molar-refractivity contribution in [3.63, 3.8) is 0 Å². The van der Waals surface area contributed by atoms with E-state index in [-0.39, 0.29) is 16.5 Å². The van der Waals surface area contributed by atoms with Gasteiger partial charge in [0, 0.05) is 0 Å². The summed E-state index contributed by atoms with van der Waals surface area (Å²) in [7, 11) is 0. The van der Waals surface area contributed by atoms with Crippen molar-refractivity contribution in [2.45, 2.75) is 79.1 Å². The van der Waals surface area contributed by atoms with Crippen LogP contribution in [0.4, 0.5) is 4.39 Å². The van der Waals surface area contributed by atoms with Crippen LogP contribution < -0.4 is 0 Å². The Labute approximate surface area is 139 Å². The van der Waals surface area contributed by atoms with Crippen LogP contribution in [0, 0.1) is 17.2 Å². The molecule has 1 heterocycles. The second kappa shape index (κ2) is 9.44. The number of aromatic nitrogens is 2. The van der Waals surface area contributed by atoms with Gasteiger partial charge in [-0.2, -0.15) is 0 Å². The minimum Gasteiger partial charge on any atom is -0.223 e. The lowest BCUT2D eigenvalue weighted by Crippen LogP contribution is -2.23. The van der Waals surface area contributed by atoms with Gasteiger partial charge < -0.3 is 0 Å². The molecule has 0 amide bonds. The number of hydrogen-bond acceptors (Lipinski definition) is 2. The van der Waals surface area contributed by atoms with Crippen LogP contribution in [0.15, 0.2) is 6.20 Å². The van der Waals surface area contributed by atoms with E-state index in [1.165, 1.54) is 44.7 Å². The number of nitrogens with zero attached hydrogens (tertiary/aromatic N) is 2. The molecule has 0 bridgehead atoms. The molecule has 126 valence electrons. The third-order valence-electron chi connectivity index (χ3n) is 4.36. The molecule has 0 radical (unpaired) electrons. The molecule has 0 saturated heterocycles. The summed E-state index contributed by atoms with van der Waals surface area (Å²) in [6, 6.07) is 0. The van der Waals surface area contributed by atoms with Gasteiger partial charge in [-0.05, 0) is 35.8 Å². The summed E-state index contributed by atoms with van der Waals surface area (Å²) in [5, 5.41) is 0.128. The standard InChI is InChI=1S/C18H30ClFN2/c1-5-6-7-8-9-10-11-14(18(2,3)4)12-16-15(20)13-21-17(19)22-16/h13-14H,5-12H2,1-4H3. The lowest BCUT2D eigenvalue weighted by Gasteiger charge is -2.31. The van der Waals surface area contributed by atoms with Gasteiger partial charge in [-0.25, -0.2) is 14.4 Å². The average molecular weight is 329 g/mol. The first-order valence-electron chi connectivity index (χ1n) is 8.51. The van der Waals surface area contributed by atoms with E-state index in [1.54, 1.807) is 0 Å². The third-order valence-corrected chi connectivity index (χ3v) is 4.54. The summed E-state index contributed by atoms with van der Waals surface area (Å²) in [5.41, 5.74) is 0.582. The first-order chi connectivity index (χ1) is 10.3. The molecule has 1 unspecified atom stereocenters. The first-order valence-corrected chi connectivity index (χ1v) is 8.89. The first kappa shape index (κ1) is 19.3. The molecule has 0 aromatic carbocycles. The topological polar surface area (TPSA) is 25.8 Å². The minimum absolute atomic E-state index is 0.128. The van der Waals surface area contributed by atoms with Gasteiger partial charge in [0.05, 0.1) is 11.9 Å². The lowest BCUT2D eigenvalue weighted by molar-refractivity contribution is 0.215. The van der Waals surface area contributed by atoms with Crippen LogP contribution in [0.2, 0.25) is 5.28 Å². The largest absolute Gasteiger partial charge is 0.223 e. The molecule has 0 saturated carbocycles. The van der Waals surface area contributed by atoms with Crippen molar-refractivity contribution in [2.75, 3.05) is 0 Å². The highest BCUT2D eigenvalue weighted by Crippen LogP contribution is 2.33. The SMILES string of the molecule is CCCCCCCCC(Cc1nc(Cl)ncc1F)C(C)(C)C. The monoisotopic (exact) mass is 328 g/mol. The van der Waals surface area contributed by atoms with Gasteiger partial charge in [0.15, 0.2) is 5.82 Å². The van der Waals surface area contributed by atoms with Gasteiger partial charge in [-0.3, -0.25) is 0 Å². The molecule has 1 aromatic heterocycles. The maximum atomic E-state index is 13.9. The fourth-order valence-electron chi connectivity index (χ4n) is 2.77. The Morgan fingerprint density at radius 1 is 1.14 bits per heavy atom. The van der Waals surface area contributed by atoms with Gasteiger partial charge in [0.2, 0.25) is 5.28 Å². The number of rotatable bonds is 9. The van der Waals surface area contributed by atoms with Gasteiger partial charge >= 0.3 is 0 Å². The fourth-order valence-corrected chi connectivity index (χ4v) is 2.92. The summed E-state index contributed by atoms with van der Waals surface area (Å²) >= 11 is 5.80. The van der Waals surface area contributed by atoms with E-state index in [0.29, 0.717) is 18.0 Å². The average Bonchev–Trinajstić information content (AvgIpc) is 2.43. The molecule has 22 heavy (non-hydrogen) atoms. The van der Waals surface area contributed by atoms with Gasteiger partial charge in [0.1, 0.15) is 0 Å². The smallest absolute Gasteiger partial charge is 0.222 e. The van der Waals surface area contributed by atoms with E-state index >= 15 is 0 Å².